The first-order valence-electron chi connectivity index (χ1n) is 5.21. The predicted octanol–water partition coefficient (Wildman–Crippen LogP) is 1.84. The lowest BCUT2D eigenvalue weighted by molar-refractivity contribution is -0.123. The van der Waals surface area contributed by atoms with E-state index in [1.165, 1.54) is 0 Å². The van der Waals surface area contributed by atoms with Gasteiger partial charge in [0.1, 0.15) is 12.0 Å². The zero-order valence-corrected chi connectivity index (χ0v) is 8.78. The summed E-state index contributed by atoms with van der Waals surface area (Å²) in [5.74, 6) is -0.0451. The summed E-state index contributed by atoms with van der Waals surface area (Å²) in [6, 6.07) is -0.774. The zero-order chi connectivity index (χ0) is 11.4. The summed E-state index contributed by atoms with van der Waals surface area (Å²) >= 11 is 0. The maximum Gasteiger partial charge on any atom is 0.407 e. The van der Waals surface area contributed by atoms with E-state index in [-0.39, 0.29) is 25.2 Å². The van der Waals surface area contributed by atoms with E-state index in [0.29, 0.717) is 12.8 Å². The van der Waals surface area contributed by atoms with E-state index in [2.05, 4.69) is 0 Å². The molecule has 1 aliphatic rings. The second-order valence-electron chi connectivity index (χ2n) is 3.84. The van der Waals surface area contributed by atoms with E-state index in [1.807, 2.05) is 6.92 Å². The van der Waals surface area contributed by atoms with Gasteiger partial charge in [-0.15, -0.1) is 0 Å². The molecular weight excluding hydrogens is 201 g/mol. The molecule has 5 heteroatoms. The molecule has 2 atom stereocenters. The maximum absolute atomic E-state index is 13.6. The average molecular weight is 217 g/mol. The Hall–Kier alpha value is -1.13. The van der Waals surface area contributed by atoms with Crippen LogP contribution in [-0.2, 0) is 4.79 Å². The number of carbonyl (C=O) groups is 2. The summed E-state index contributed by atoms with van der Waals surface area (Å²) in [7, 11) is 0. The molecule has 0 aromatic heterocycles. The van der Waals surface area contributed by atoms with E-state index in [1.54, 1.807) is 0 Å². The van der Waals surface area contributed by atoms with Crippen LogP contribution >= 0.6 is 0 Å². The number of hydrogen-bond acceptors (Lipinski definition) is 2. The fourth-order valence-electron chi connectivity index (χ4n) is 1.89. The Morgan fingerprint density at radius 1 is 1.73 bits per heavy atom. The molecule has 0 radical (unpaired) electrons. The molecule has 1 heterocycles. The van der Waals surface area contributed by atoms with Gasteiger partial charge in [0, 0.05) is 19.4 Å². The first-order chi connectivity index (χ1) is 7.06. The molecule has 1 fully saturated rings. The molecule has 1 N–H and O–H groups in total. The summed E-state index contributed by atoms with van der Waals surface area (Å²) in [5.41, 5.74) is 0. The highest BCUT2D eigenvalue weighted by atomic mass is 19.1. The summed E-state index contributed by atoms with van der Waals surface area (Å²) in [6.07, 6.45) is -1.17. The summed E-state index contributed by atoms with van der Waals surface area (Å²) in [6.45, 7) is 1.96. The second kappa shape index (κ2) is 5.09. The first-order valence-corrected chi connectivity index (χ1v) is 5.21. The third-order valence-corrected chi connectivity index (χ3v) is 2.70. The largest absolute Gasteiger partial charge is 0.465 e. The Bertz CT molecular complexity index is 257. The molecule has 1 saturated heterocycles. The molecule has 4 nitrogen and oxygen atoms in total. The van der Waals surface area contributed by atoms with Gasteiger partial charge in [0.15, 0.2) is 0 Å². The second-order valence-corrected chi connectivity index (χ2v) is 3.84. The van der Waals surface area contributed by atoms with Gasteiger partial charge in [-0.3, -0.25) is 4.79 Å². The minimum absolute atomic E-state index is 0.0213. The van der Waals surface area contributed by atoms with Crippen LogP contribution in [-0.4, -0.2) is 40.6 Å². The minimum Gasteiger partial charge on any atom is -0.465 e. The third kappa shape index (κ3) is 2.91. The molecule has 1 amide bonds. The topological polar surface area (TPSA) is 57.6 Å². The van der Waals surface area contributed by atoms with Crippen LogP contribution in [0.2, 0.25) is 0 Å². The standard InChI is InChI=1S/C10H16FNO3/c1-2-3-8(11)9-6-7(13)4-5-12(9)10(14)15/h8-9H,2-6H2,1H3,(H,14,15). The molecule has 86 valence electrons. The number of ketones is 1. The van der Waals surface area contributed by atoms with E-state index < -0.39 is 18.3 Å². The average Bonchev–Trinajstić information content (AvgIpc) is 2.17. The number of carbonyl (C=O) groups excluding carboxylic acids is 1. The third-order valence-electron chi connectivity index (χ3n) is 2.70. The van der Waals surface area contributed by atoms with Gasteiger partial charge in [-0.05, 0) is 6.42 Å². The number of piperidine rings is 1. The number of amides is 1. The molecule has 1 rings (SSSR count). The van der Waals surface area contributed by atoms with Gasteiger partial charge in [0.25, 0.3) is 0 Å². The number of Topliss-reactive ketones (excluding diaryl/α,β-unsaturated/α-hetero) is 1. The molecule has 0 spiro atoms. The number of alkyl halides is 1. The van der Waals surface area contributed by atoms with Gasteiger partial charge in [-0.2, -0.15) is 0 Å². The summed E-state index contributed by atoms with van der Waals surface area (Å²) in [4.78, 5) is 23.0. The molecule has 0 aromatic carbocycles. The predicted molar refractivity (Wildman–Crippen MR) is 52.6 cm³/mol. The van der Waals surface area contributed by atoms with Crippen LogP contribution in [0.25, 0.3) is 0 Å². The van der Waals surface area contributed by atoms with Gasteiger partial charge in [-0.25, -0.2) is 9.18 Å². The molecule has 2 unspecified atom stereocenters. The van der Waals surface area contributed by atoms with Crippen molar-refractivity contribution >= 4 is 11.9 Å². The minimum atomic E-state index is -1.23. The van der Waals surface area contributed by atoms with Crippen LogP contribution in [0.5, 0.6) is 0 Å². The van der Waals surface area contributed by atoms with Gasteiger partial charge in [0.05, 0.1) is 6.04 Å². The number of carboxylic acid groups (broad SMARTS) is 1. The van der Waals surface area contributed by atoms with Crippen molar-refractivity contribution in [2.24, 2.45) is 0 Å². The molecule has 0 saturated carbocycles. The van der Waals surface area contributed by atoms with Crippen molar-refractivity contribution in [2.75, 3.05) is 6.54 Å². The van der Waals surface area contributed by atoms with E-state index in [0.717, 1.165) is 4.90 Å². The Kier molecular flexibility index (Phi) is 4.05. The molecule has 0 aromatic rings. The van der Waals surface area contributed by atoms with Crippen LogP contribution in [0, 0.1) is 0 Å². The number of likely N-dealkylation sites (tertiary alicyclic amines) is 1. The van der Waals surface area contributed by atoms with Crippen molar-refractivity contribution in [1.29, 1.82) is 0 Å². The lowest BCUT2D eigenvalue weighted by Crippen LogP contribution is -2.50. The van der Waals surface area contributed by atoms with Crippen molar-refractivity contribution in [3.63, 3.8) is 0 Å². The highest BCUT2D eigenvalue weighted by Crippen LogP contribution is 2.22. The molecule has 0 aliphatic carbocycles. The molecule has 0 bridgehead atoms. The van der Waals surface area contributed by atoms with Gasteiger partial charge in [-0.1, -0.05) is 13.3 Å². The van der Waals surface area contributed by atoms with Crippen LogP contribution < -0.4 is 0 Å². The van der Waals surface area contributed by atoms with Crippen molar-refractivity contribution in [2.45, 2.75) is 44.8 Å². The lowest BCUT2D eigenvalue weighted by Gasteiger charge is -2.34. The van der Waals surface area contributed by atoms with Crippen molar-refractivity contribution in [3.05, 3.63) is 0 Å². The Morgan fingerprint density at radius 3 is 2.93 bits per heavy atom. The number of halogens is 1. The van der Waals surface area contributed by atoms with Crippen LogP contribution in [0.3, 0.4) is 0 Å². The summed E-state index contributed by atoms with van der Waals surface area (Å²) < 4.78 is 13.6. The normalized spacial score (nSPS) is 24.0. The van der Waals surface area contributed by atoms with E-state index in [9.17, 15) is 14.0 Å². The molecule has 1 aliphatic heterocycles. The SMILES string of the molecule is CCCC(F)C1CC(=O)CCN1C(=O)O. The maximum atomic E-state index is 13.6. The van der Waals surface area contributed by atoms with Crippen LogP contribution in [0.4, 0.5) is 9.18 Å². The Labute approximate surface area is 88.1 Å². The highest BCUT2D eigenvalue weighted by Gasteiger charge is 2.35. The van der Waals surface area contributed by atoms with E-state index >= 15 is 0 Å². The van der Waals surface area contributed by atoms with Gasteiger partial charge in [0.2, 0.25) is 0 Å². The lowest BCUT2D eigenvalue weighted by atomic mass is 9.95. The number of rotatable bonds is 3. The van der Waals surface area contributed by atoms with Crippen molar-refractivity contribution in [1.82, 2.24) is 4.90 Å². The van der Waals surface area contributed by atoms with Gasteiger partial charge >= 0.3 is 6.09 Å². The van der Waals surface area contributed by atoms with Crippen LogP contribution in [0.15, 0.2) is 0 Å². The van der Waals surface area contributed by atoms with Crippen LogP contribution in [0.1, 0.15) is 32.6 Å². The van der Waals surface area contributed by atoms with E-state index in [4.69, 9.17) is 5.11 Å². The molecule has 15 heavy (non-hydrogen) atoms. The Balaban J connectivity index is 2.69. The monoisotopic (exact) mass is 217 g/mol. The smallest absolute Gasteiger partial charge is 0.407 e. The molecular formula is C10H16FNO3. The number of hydrogen-bond donors (Lipinski definition) is 1. The quantitative estimate of drug-likeness (QED) is 0.784. The van der Waals surface area contributed by atoms with Crippen molar-refractivity contribution < 1.29 is 19.1 Å². The zero-order valence-electron chi connectivity index (χ0n) is 8.78. The van der Waals surface area contributed by atoms with Gasteiger partial charge < -0.3 is 10.0 Å². The summed E-state index contributed by atoms with van der Waals surface area (Å²) in [5, 5.41) is 8.86. The Morgan fingerprint density at radius 2 is 2.40 bits per heavy atom. The first kappa shape index (κ1) is 11.9. The fraction of sp³-hybridized carbons (Fsp3) is 0.800. The highest BCUT2D eigenvalue weighted by molar-refractivity contribution is 5.82. The number of nitrogens with zero attached hydrogens (tertiary/aromatic N) is 1. The van der Waals surface area contributed by atoms with Crippen molar-refractivity contribution in [3.8, 4) is 0 Å². The fourth-order valence-corrected chi connectivity index (χ4v) is 1.89.